The van der Waals surface area contributed by atoms with Gasteiger partial charge in [0.25, 0.3) is 5.91 Å². The molecule has 128 valence electrons. The third-order valence-corrected chi connectivity index (χ3v) is 5.02. The molecule has 0 saturated carbocycles. The molecule has 1 aromatic carbocycles. The molecule has 0 radical (unpaired) electrons. The van der Waals surface area contributed by atoms with Crippen LogP contribution in [0.15, 0.2) is 18.2 Å². The molecule has 0 saturated heterocycles. The highest BCUT2D eigenvalue weighted by molar-refractivity contribution is 7.11. The van der Waals surface area contributed by atoms with E-state index >= 15 is 0 Å². The quantitative estimate of drug-likeness (QED) is 0.660. The summed E-state index contributed by atoms with van der Waals surface area (Å²) in [7, 11) is 1.35. The molecule has 8 heteroatoms. The summed E-state index contributed by atoms with van der Waals surface area (Å²) >= 11 is 1.52. The zero-order valence-electron chi connectivity index (χ0n) is 14.2. The molecule has 2 rings (SSSR count). The van der Waals surface area contributed by atoms with Crippen LogP contribution in [0.5, 0.6) is 5.75 Å². The lowest BCUT2D eigenvalue weighted by atomic mass is 10.1. The average Bonchev–Trinajstić information content (AvgIpc) is 2.86. The Morgan fingerprint density at radius 1 is 1.38 bits per heavy atom. The predicted molar refractivity (Wildman–Crippen MR) is 91.7 cm³/mol. The monoisotopic (exact) mass is 349 g/mol. The van der Waals surface area contributed by atoms with Crippen LogP contribution in [0.4, 0.5) is 5.69 Å². The molecule has 1 heterocycles. The number of rotatable bonds is 5. The fraction of sp³-hybridized carbons (Fsp3) is 0.375. The Labute approximate surface area is 143 Å². The van der Waals surface area contributed by atoms with Crippen LogP contribution in [0.3, 0.4) is 0 Å². The number of hydrogen-bond acceptors (Lipinski definition) is 6. The van der Waals surface area contributed by atoms with Gasteiger partial charge in [0, 0.05) is 16.5 Å². The molecule has 1 aromatic heterocycles. The van der Waals surface area contributed by atoms with Gasteiger partial charge >= 0.3 is 5.69 Å². The first kappa shape index (κ1) is 17.9. The summed E-state index contributed by atoms with van der Waals surface area (Å²) in [5.74, 6) is -0.293. The number of carbonyl (C=O) groups excluding carboxylic acids is 1. The molecule has 0 unspecified atom stereocenters. The van der Waals surface area contributed by atoms with Crippen molar-refractivity contribution in [3.05, 3.63) is 49.5 Å². The second kappa shape index (κ2) is 6.56. The summed E-state index contributed by atoms with van der Waals surface area (Å²) in [5, 5.41) is 14.8. The Morgan fingerprint density at radius 2 is 2.04 bits per heavy atom. The van der Waals surface area contributed by atoms with E-state index in [1.165, 1.54) is 36.6 Å². The number of carbonyl (C=O) groups is 1. The Morgan fingerprint density at radius 3 is 2.54 bits per heavy atom. The number of ether oxygens (including phenoxy) is 1. The molecule has 0 spiro atoms. The van der Waals surface area contributed by atoms with Gasteiger partial charge in [0.05, 0.1) is 23.3 Å². The number of benzene rings is 1. The zero-order valence-corrected chi connectivity index (χ0v) is 15.0. The van der Waals surface area contributed by atoms with Gasteiger partial charge in [0.2, 0.25) is 0 Å². The van der Waals surface area contributed by atoms with E-state index in [9.17, 15) is 14.9 Å². The maximum absolute atomic E-state index is 12.5. The summed E-state index contributed by atoms with van der Waals surface area (Å²) < 4.78 is 4.95. The van der Waals surface area contributed by atoms with Gasteiger partial charge in [0.15, 0.2) is 5.75 Å². The molecule has 7 nitrogen and oxygen atoms in total. The maximum Gasteiger partial charge on any atom is 0.311 e. The SMILES string of the molecule is COc1ccc(C(=O)NC(C)(C)c2nc(C)c(C)s2)cc1[N+](=O)[O-]. The number of nitrogens with one attached hydrogen (secondary N) is 1. The smallest absolute Gasteiger partial charge is 0.311 e. The Hall–Kier alpha value is -2.48. The number of aryl methyl sites for hydroxylation is 2. The fourth-order valence-corrected chi connectivity index (χ4v) is 3.10. The highest BCUT2D eigenvalue weighted by atomic mass is 32.1. The van der Waals surface area contributed by atoms with E-state index in [0.29, 0.717) is 0 Å². The van der Waals surface area contributed by atoms with Gasteiger partial charge in [-0.15, -0.1) is 11.3 Å². The first-order valence-electron chi connectivity index (χ1n) is 7.25. The van der Waals surface area contributed by atoms with Crippen molar-refractivity contribution in [1.29, 1.82) is 0 Å². The number of amides is 1. The van der Waals surface area contributed by atoms with Gasteiger partial charge in [-0.3, -0.25) is 14.9 Å². The summed E-state index contributed by atoms with van der Waals surface area (Å²) in [4.78, 5) is 28.6. The van der Waals surface area contributed by atoms with E-state index in [2.05, 4.69) is 10.3 Å². The van der Waals surface area contributed by atoms with Crippen LogP contribution in [0, 0.1) is 24.0 Å². The van der Waals surface area contributed by atoms with Crippen molar-refractivity contribution in [1.82, 2.24) is 10.3 Å². The molecule has 1 amide bonds. The standard InChI is InChI=1S/C16H19N3O4S/c1-9-10(2)24-15(17-9)16(3,4)18-14(20)11-6-7-13(23-5)12(8-11)19(21)22/h6-8H,1-5H3,(H,18,20). The van der Waals surface area contributed by atoms with Crippen LogP contribution in [0.25, 0.3) is 0 Å². The van der Waals surface area contributed by atoms with Crippen LogP contribution < -0.4 is 10.1 Å². The predicted octanol–water partition coefficient (Wildman–Crippen LogP) is 3.34. The van der Waals surface area contributed by atoms with Crippen molar-refractivity contribution in [3.63, 3.8) is 0 Å². The minimum Gasteiger partial charge on any atom is -0.490 e. The van der Waals surface area contributed by atoms with Crippen molar-refractivity contribution in [2.24, 2.45) is 0 Å². The molecule has 2 aromatic rings. The van der Waals surface area contributed by atoms with Crippen molar-refractivity contribution in [2.75, 3.05) is 7.11 Å². The molecule has 0 aliphatic heterocycles. The van der Waals surface area contributed by atoms with Crippen LogP contribution in [0.1, 0.15) is 39.8 Å². The second-order valence-electron chi connectivity index (χ2n) is 5.88. The lowest BCUT2D eigenvalue weighted by Crippen LogP contribution is -2.41. The van der Waals surface area contributed by atoms with Crippen molar-refractivity contribution in [3.8, 4) is 5.75 Å². The minimum atomic E-state index is -0.685. The second-order valence-corrected chi connectivity index (χ2v) is 7.09. The normalized spacial score (nSPS) is 11.2. The van der Waals surface area contributed by atoms with E-state index in [4.69, 9.17) is 4.74 Å². The van der Waals surface area contributed by atoms with Gasteiger partial charge in [-0.05, 0) is 39.8 Å². The van der Waals surface area contributed by atoms with Crippen LogP contribution in [-0.4, -0.2) is 22.9 Å². The molecule has 0 aliphatic rings. The van der Waals surface area contributed by atoms with E-state index in [-0.39, 0.29) is 17.0 Å². The first-order chi connectivity index (χ1) is 11.2. The number of nitrogens with zero attached hydrogens (tertiary/aromatic N) is 2. The van der Waals surface area contributed by atoms with Crippen LogP contribution in [-0.2, 0) is 5.54 Å². The number of nitro benzene ring substituents is 1. The number of hydrogen-bond donors (Lipinski definition) is 1. The number of thiazole rings is 1. The van der Waals surface area contributed by atoms with Gasteiger partial charge in [-0.1, -0.05) is 0 Å². The molecule has 24 heavy (non-hydrogen) atoms. The Balaban J connectivity index is 2.29. The van der Waals surface area contributed by atoms with Crippen molar-refractivity contribution in [2.45, 2.75) is 33.2 Å². The summed E-state index contributed by atoms with van der Waals surface area (Å²) in [6.45, 7) is 7.59. The van der Waals surface area contributed by atoms with E-state index in [0.717, 1.165) is 15.6 Å². The van der Waals surface area contributed by atoms with Crippen LogP contribution >= 0.6 is 11.3 Å². The number of methoxy groups -OCH3 is 1. The summed E-state index contributed by atoms with van der Waals surface area (Å²) in [6, 6.07) is 4.12. The minimum absolute atomic E-state index is 0.113. The number of nitro groups is 1. The van der Waals surface area contributed by atoms with E-state index < -0.39 is 16.4 Å². The van der Waals surface area contributed by atoms with Gasteiger partial charge < -0.3 is 10.1 Å². The number of aromatic nitrogens is 1. The highest BCUT2D eigenvalue weighted by Crippen LogP contribution is 2.30. The maximum atomic E-state index is 12.5. The lowest BCUT2D eigenvalue weighted by molar-refractivity contribution is -0.385. The van der Waals surface area contributed by atoms with E-state index in [1.807, 2.05) is 27.7 Å². The molecular weight excluding hydrogens is 330 g/mol. The molecule has 0 fully saturated rings. The molecule has 1 N–H and O–H groups in total. The molecule has 0 bridgehead atoms. The molecule has 0 atom stereocenters. The Bertz CT molecular complexity index is 779. The van der Waals surface area contributed by atoms with Crippen molar-refractivity contribution >= 4 is 22.9 Å². The van der Waals surface area contributed by atoms with Gasteiger partial charge in [-0.2, -0.15) is 0 Å². The largest absolute Gasteiger partial charge is 0.490 e. The third-order valence-electron chi connectivity index (χ3n) is 3.63. The van der Waals surface area contributed by atoms with E-state index in [1.54, 1.807) is 0 Å². The van der Waals surface area contributed by atoms with Gasteiger partial charge in [-0.25, -0.2) is 4.98 Å². The van der Waals surface area contributed by atoms with Crippen molar-refractivity contribution < 1.29 is 14.5 Å². The summed E-state index contributed by atoms with van der Waals surface area (Å²) in [6.07, 6.45) is 0. The highest BCUT2D eigenvalue weighted by Gasteiger charge is 2.28. The lowest BCUT2D eigenvalue weighted by Gasteiger charge is -2.24. The third kappa shape index (κ3) is 3.53. The van der Waals surface area contributed by atoms with Gasteiger partial charge in [0.1, 0.15) is 5.01 Å². The molecular formula is C16H19N3O4S. The topological polar surface area (TPSA) is 94.4 Å². The summed E-state index contributed by atoms with van der Waals surface area (Å²) in [5.41, 5.74) is 0.192. The first-order valence-corrected chi connectivity index (χ1v) is 8.07. The fourth-order valence-electron chi connectivity index (χ4n) is 2.12. The average molecular weight is 349 g/mol. The Kier molecular flexibility index (Phi) is 4.88. The molecule has 0 aliphatic carbocycles. The zero-order chi connectivity index (χ0) is 18.1. The van der Waals surface area contributed by atoms with Crippen LogP contribution in [0.2, 0.25) is 0 Å².